The van der Waals surface area contributed by atoms with Crippen LogP contribution >= 0.6 is 11.6 Å². The van der Waals surface area contributed by atoms with Crippen LogP contribution in [0.1, 0.15) is 13.8 Å². The Kier molecular flexibility index (Phi) is 3.72. The lowest BCUT2D eigenvalue weighted by atomic mass is 10.3. The van der Waals surface area contributed by atoms with Crippen LogP contribution in [-0.4, -0.2) is 5.78 Å². The highest BCUT2D eigenvalue weighted by Gasteiger charge is 1.94. The van der Waals surface area contributed by atoms with Gasteiger partial charge in [0.05, 0.1) is 0 Å². The molecule has 0 saturated carbocycles. The minimum Gasteiger partial charge on any atom is -0.359 e. The van der Waals surface area contributed by atoms with E-state index < -0.39 is 0 Å². The van der Waals surface area contributed by atoms with Crippen LogP contribution in [-0.2, 0) is 4.79 Å². The topological polar surface area (TPSA) is 29.1 Å². The zero-order valence-corrected chi connectivity index (χ0v) is 8.93. The summed E-state index contributed by atoms with van der Waals surface area (Å²) in [6.07, 6.45) is 1.55. The minimum absolute atomic E-state index is 0.0314. The third-order valence-corrected chi connectivity index (χ3v) is 1.86. The van der Waals surface area contributed by atoms with E-state index in [2.05, 4.69) is 5.32 Å². The number of allylic oxidation sites excluding steroid dienone is 2. The highest BCUT2D eigenvalue weighted by molar-refractivity contribution is 6.30. The summed E-state index contributed by atoms with van der Waals surface area (Å²) >= 11 is 5.74. The van der Waals surface area contributed by atoms with E-state index in [1.807, 2.05) is 19.1 Å². The van der Waals surface area contributed by atoms with Crippen molar-refractivity contribution in [1.82, 2.24) is 0 Å². The lowest BCUT2D eigenvalue weighted by Crippen LogP contribution is -1.97. The molecular weight excluding hydrogens is 198 g/mol. The minimum atomic E-state index is 0.0314. The Hall–Kier alpha value is -1.28. The van der Waals surface area contributed by atoms with Crippen LogP contribution in [0, 0.1) is 0 Å². The summed E-state index contributed by atoms with van der Waals surface area (Å²) in [6, 6.07) is 7.31. The Morgan fingerprint density at radius 2 is 1.86 bits per heavy atom. The second-order valence-corrected chi connectivity index (χ2v) is 3.51. The van der Waals surface area contributed by atoms with Gasteiger partial charge in [-0.3, -0.25) is 4.79 Å². The first-order valence-corrected chi connectivity index (χ1v) is 4.67. The molecule has 0 fully saturated rings. The van der Waals surface area contributed by atoms with E-state index >= 15 is 0 Å². The molecule has 0 radical (unpaired) electrons. The van der Waals surface area contributed by atoms with Crippen molar-refractivity contribution < 1.29 is 4.79 Å². The van der Waals surface area contributed by atoms with E-state index in [0.29, 0.717) is 5.02 Å². The average molecular weight is 210 g/mol. The molecule has 0 aliphatic carbocycles. The molecule has 1 aromatic carbocycles. The van der Waals surface area contributed by atoms with Gasteiger partial charge in [0.2, 0.25) is 0 Å². The monoisotopic (exact) mass is 209 g/mol. The summed E-state index contributed by atoms with van der Waals surface area (Å²) in [7, 11) is 0. The molecule has 3 heteroatoms. The normalized spacial score (nSPS) is 11.2. The summed E-state index contributed by atoms with van der Waals surface area (Å²) in [6.45, 7) is 3.36. The van der Waals surface area contributed by atoms with Crippen LogP contribution in [0.2, 0.25) is 5.02 Å². The largest absolute Gasteiger partial charge is 0.359 e. The Labute approximate surface area is 88.6 Å². The zero-order valence-electron chi connectivity index (χ0n) is 8.17. The standard InChI is InChI=1S/C11H12ClNO/c1-8(7-9(2)14)13-11-5-3-10(12)4-6-11/h3-7,13H,1-2H3/b8-7-. The Bertz CT molecular complexity index is 354. The summed E-state index contributed by atoms with van der Waals surface area (Å²) in [4.78, 5) is 10.8. The van der Waals surface area contributed by atoms with Crippen molar-refractivity contribution in [2.75, 3.05) is 5.32 Å². The molecule has 0 bridgehead atoms. The van der Waals surface area contributed by atoms with Crippen LogP contribution in [0.5, 0.6) is 0 Å². The summed E-state index contributed by atoms with van der Waals surface area (Å²) < 4.78 is 0. The predicted octanol–water partition coefficient (Wildman–Crippen LogP) is 3.24. The van der Waals surface area contributed by atoms with Crippen LogP contribution < -0.4 is 5.32 Å². The molecule has 2 nitrogen and oxygen atoms in total. The van der Waals surface area contributed by atoms with E-state index in [0.717, 1.165) is 11.4 Å². The van der Waals surface area contributed by atoms with Gasteiger partial charge in [0, 0.05) is 16.4 Å². The fraction of sp³-hybridized carbons (Fsp3) is 0.182. The van der Waals surface area contributed by atoms with Crippen molar-refractivity contribution in [3.05, 3.63) is 41.1 Å². The van der Waals surface area contributed by atoms with Gasteiger partial charge in [-0.1, -0.05) is 11.6 Å². The number of rotatable bonds is 3. The fourth-order valence-electron chi connectivity index (χ4n) is 1.10. The molecule has 1 rings (SSSR count). The second kappa shape index (κ2) is 4.82. The van der Waals surface area contributed by atoms with Gasteiger partial charge in [0.15, 0.2) is 5.78 Å². The fourth-order valence-corrected chi connectivity index (χ4v) is 1.23. The number of nitrogens with one attached hydrogen (secondary N) is 1. The number of ketones is 1. The van der Waals surface area contributed by atoms with E-state index in [4.69, 9.17) is 11.6 Å². The Morgan fingerprint density at radius 3 is 2.36 bits per heavy atom. The van der Waals surface area contributed by atoms with Gasteiger partial charge < -0.3 is 5.32 Å². The average Bonchev–Trinajstić information content (AvgIpc) is 2.07. The smallest absolute Gasteiger partial charge is 0.154 e. The molecule has 0 heterocycles. The maximum absolute atomic E-state index is 10.8. The van der Waals surface area contributed by atoms with Crippen molar-refractivity contribution in [3.63, 3.8) is 0 Å². The first-order valence-electron chi connectivity index (χ1n) is 4.29. The van der Waals surface area contributed by atoms with Gasteiger partial charge in [0.1, 0.15) is 0 Å². The molecule has 0 atom stereocenters. The number of carbonyl (C=O) groups is 1. The number of hydrogen-bond donors (Lipinski definition) is 1. The van der Waals surface area contributed by atoms with E-state index in [1.165, 1.54) is 6.92 Å². The van der Waals surface area contributed by atoms with Crippen LogP contribution in [0.25, 0.3) is 0 Å². The van der Waals surface area contributed by atoms with Crippen molar-refractivity contribution in [2.24, 2.45) is 0 Å². The van der Waals surface area contributed by atoms with Crippen molar-refractivity contribution >= 4 is 23.1 Å². The molecule has 0 unspecified atom stereocenters. The third-order valence-electron chi connectivity index (χ3n) is 1.61. The van der Waals surface area contributed by atoms with Crippen LogP contribution in [0.4, 0.5) is 5.69 Å². The molecule has 0 aromatic heterocycles. The highest BCUT2D eigenvalue weighted by atomic mass is 35.5. The number of anilines is 1. The summed E-state index contributed by atoms with van der Waals surface area (Å²) in [5, 5.41) is 3.78. The van der Waals surface area contributed by atoms with Gasteiger partial charge in [0.25, 0.3) is 0 Å². The lowest BCUT2D eigenvalue weighted by molar-refractivity contribution is -0.112. The molecular formula is C11H12ClNO. The van der Waals surface area contributed by atoms with Gasteiger partial charge in [-0.15, -0.1) is 0 Å². The van der Waals surface area contributed by atoms with Gasteiger partial charge in [-0.2, -0.15) is 0 Å². The first kappa shape index (κ1) is 10.8. The molecule has 0 spiro atoms. The maximum atomic E-state index is 10.8. The molecule has 14 heavy (non-hydrogen) atoms. The number of carbonyl (C=O) groups excluding carboxylic acids is 1. The SMILES string of the molecule is CC(=O)/C=C(/C)Nc1ccc(Cl)cc1. The van der Waals surface area contributed by atoms with Crippen molar-refractivity contribution in [1.29, 1.82) is 0 Å². The quantitative estimate of drug-likeness (QED) is 0.775. The van der Waals surface area contributed by atoms with E-state index in [9.17, 15) is 4.79 Å². The molecule has 1 N–H and O–H groups in total. The van der Waals surface area contributed by atoms with Crippen molar-refractivity contribution in [3.8, 4) is 0 Å². The van der Waals surface area contributed by atoms with E-state index in [-0.39, 0.29) is 5.78 Å². The van der Waals surface area contributed by atoms with E-state index in [1.54, 1.807) is 18.2 Å². The van der Waals surface area contributed by atoms with Crippen molar-refractivity contribution in [2.45, 2.75) is 13.8 Å². The maximum Gasteiger partial charge on any atom is 0.154 e. The summed E-state index contributed by atoms with van der Waals surface area (Å²) in [5.74, 6) is 0.0314. The highest BCUT2D eigenvalue weighted by Crippen LogP contribution is 2.14. The Balaban J connectivity index is 2.69. The van der Waals surface area contributed by atoms with Crippen LogP contribution in [0.3, 0.4) is 0 Å². The molecule has 0 saturated heterocycles. The zero-order chi connectivity index (χ0) is 10.6. The Morgan fingerprint density at radius 1 is 1.29 bits per heavy atom. The summed E-state index contributed by atoms with van der Waals surface area (Å²) in [5.41, 5.74) is 1.74. The van der Waals surface area contributed by atoms with Gasteiger partial charge in [-0.25, -0.2) is 0 Å². The molecule has 0 aliphatic rings. The second-order valence-electron chi connectivity index (χ2n) is 3.07. The number of hydrogen-bond acceptors (Lipinski definition) is 2. The first-order chi connectivity index (χ1) is 6.58. The third kappa shape index (κ3) is 3.62. The van der Waals surface area contributed by atoms with Gasteiger partial charge >= 0.3 is 0 Å². The van der Waals surface area contributed by atoms with Crippen LogP contribution in [0.15, 0.2) is 36.0 Å². The molecule has 74 valence electrons. The van der Waals surface area contributed by atoms with Gasteiger partial charge in [-0.05, 0) is 44.2 Å². The molecule has 0 amide bonds. The number of benzene rings is 1. The molecule has 0 aliphatic heterocycles. The number of halogens is 1. The lowest BCUT2D eigenvalue weighted by Gasteiger charge is -2.05. The molecule has 1 aromatic rings. The predicted molar refractivity (Wildman–Crippen MR) is 59.5 cm³/mol.